The van der Waals surface area contributed by atoms with Crippen molar-refractivity contribution in [2.75, 3.05) is 6.61 Å². The Morgan fingerprint density at radius 1 is 1.25 bits per heavy atom. The topological polar surface area (TPSA) is 43.4 Å². The van der Waals surface area contributed by atoms with Gasteiger partial charge in [-0.2, -0.15) is 8.78 Å². The number of carbonyl (C=O) groups is 2. The Kier molecular flexibility index (Phi) is 4.80. The maximum atomic E-state index is 13.7. The third kappa shape index (κ3) is 3.50. The van der Waals surface area contributed by atoms with Crippen LogP contribution in [0.3, 0.4) is 0 Å². The van der Waals surface area contributed by atoms with Crippen molar-refractivity contribution in [2.24, 2.45) is 0 Å². The molecule has 1 aromatic rings. The van der Waals surface area contributed by atoms with Gasteiger partial charge in [-0.3, -0.25) is 4.79 Å². The summed E-state index contributed by atoms with van der Waals surface area (Å²) < 4.78 is 31.6. The smallest absolute Gasteiger partial charge is 0.404 e. The van der Waals surface area contributed by atoms with Gasteiger partial charge in [0.15, 0.2) is 0 Å². The van der Waals surface area contributed by atoms with Gasteiger partial charge in [0.25, 0.3) is 0 Å². The molecule has 0 atom stereocenters. The zero-order chi connectivity index (χ0) is 15.6. The van der Waals surface area contributed by atoms with Crippen molar-refractivity contribution in [3.05, 3.63) is 29.8 Å². The van der Waals surface area contributed by atoms with Crippen LogP contribution in [0.1, 0.15) is 17.3 Å². The Morgan fingerprint density at radius 3 is 2.35 bits per heavy atom. The summed E-state index contributed by atoms with van der Waals surface area (Å²) in [5.74, 6) is -7.46. The van der Waals surface area contributed by atoms with E-state index < -0.39 is 25.7 Å². The zero-order valence-corrected chi connectivity index (χ0v) is 13.0. The lowest BCUT2D eigenvalue weighted by molar-refractivity contribution is -0.164. The highest BCUT2D eigenvalue weighted by Crippen LogP contribution is 2.22. The molecule has 0 aliphatic heterocycles. The van der Waals surface area contributed by atoms with Crippen molar-refractivity contribution >= 4 is 25.0 Å². The molecule has 0 aromatic heterocycles. The minimum atomic E-state index is -4.14. The highest BCUT2D eigenvalue weighted by atomic mass is 28.3. The van der Waals surface area contributed by atoms with Crippen LogP contribution in [-0.2, 0) is 9.53 Å². The predicted molar refractivity (Wildman–Crippen MR) is 75.3 cm³/mol. The van der Waals surface area contributed by atoms with Gasteiger partial charge in [0, 0.05) is 5.56 Å². The number of rotatable bonds is 5. The summed E-state index contributed by atoms with van der Waals surface area (Å²) in [5.41, 5.74) is -0.164. The molecule has 0 aliphatic rings. The average Bonchev–Trinajstić information content (AvgIpc) is 2.37. The van der Waals surface area contributed by atoms with Crippen molar-refractivity contribution < 1.29 is 23.1 Å². The van der Waals surface area contributed by atoms with E-state index in [0.29, 0.717) is 0 Å². The lowest BCUT2D eigenvalue weighted by atomic mass is 10.1. The molecule has 0 amide bonds. The van der Waals surface area contributed by atoms with Crippen LogP contribution in [0.2, 0.25) is 19.6 Å². The minimum Gasteiger partial charge on any atom is -0.461 e. The number of esters is 1. The second-order valence-corrected chi connectivity index (χ2v) is 10.5. The van der Waals surface area contributed by atoms with Crippen LogP contribution in [0.5, 0.6) is 0 Å². The van der Waals surface area contributed by atoms with Crippen LogP contribution in [-0.4, -0.2) is 32.4 Å². The van der Waals surface area contributed by atoms with E-state index in [2.05, 4.69) is 4.74 Å². The van der Waals surface area contributed by atoms with E-state index in [1.165, 1.54) is 19.1 Å². The lowest BCUT2D eigenvalue weighted by Crippen LogP contribution is -2.41. The zero-order valence-electron chi connectivity index (χ0n) is 12.0. The molecule has 0 spiro atoms. The fraction of sp³-hybridized carbons (Fsp3) is 0.429. The molecule has 3 nitrogen and oxygen atoms in total. The summed E-state index contributed by atoms with van der Waals surface area (Å²) in [5, 5.41) is 0.878. The summed E-state index contributed by atoms with van der Waals surface area (Å²) in [4.78, 5) is 23.0. The van der Waals surface area contributed by atoms with Crippen LogP contribution >= 0.6 is 0 Å². The summed E-state index contributed by atoms with van der Waals surface area (Å²) >= 11 is 0. The maximum Gasteiger partial charge on any atom is 0.404 e. The molecule has 0 fully saturated rings. The van der Waals surface area contributed by atoms with Gasteiger partial charge in [0.05, 0.1) is 14.7 Å². The summed E-state index contributed by atoms with van der Waals surface area (Å²) in [6, 6.07) is 6.11. The fourth-order valence-electron chi connectivity index (χ4n) is 1.62. The van der Waals surface area contributed by atoms with E-state index in [1.807, 2.05) is 25.7 Å². The highest BCUT2D eigenvalue weighted by molar-refractivity contribution is 6.88. The molecule has 20 heavy (non-hydrogen) atoms. The largest absolute Gasteiger partial charge is 0.461 e. The predicted octanol–water partition coefficient (Wildman–Crippen LogP) is 2.61. The Labute approximate surface area is 117 Å². The van der Waals surface area contributed by atoms with Gasteiger partial charge in [-0.1, -0.05) is 49.1 Å². The number of hydrogen-bond donors (Lipinski definition) is 0. The third-order valence-electron chi connectivity index (χ3n) is 2.81. The Morgan fingerprint density at radius 2 is 1.85 bits per heavy atom. The Bertz CT molecular complexity index is 521. The van der Waals surface area contributed by atoms with Crippen molar-refractivity contribution in [1.29, 1.82) is 0 Å². The number of Topliss-reactive ketones (excluding diaryl/α,β-unsaturated/α-hetero) is 1. The number of benzene rings is 1. The normalized spacial score (nSPS) is 12.1. The first-order valence-electron chi connectivity index (χ1n) is 6.31. The van der Waals surface area contributed by atoms with Gasteiger partial charge in [-0.25, -0.2) is 4.79 Å². The van der Waals surface area contributed by atoms with Crippen LogP contribution < -0.4 is 5.19 Å². The minimum absolute atomic E-state index is 0.164. The molecule has 1 rings (SSSR count). The molecular formula is C14H18F2O3Si. The molecule has 0 saturated heterocycles. The molecular weight excluding hydrogens is 282 g/mol. The molecule has 0 radical (unpaired) electrons. The quantitative estimate of drug-likeness (QED) is 0.363. The molecule has 0 bridgehead atoms. The van der Waals surface area contributed by atoms with Crippen molar-refractivity contribution in [3.8, 4) is 0 Å². The first kappa shape index (κ1) is 16.5. The molecule has 0 saturated carbocycles. The van der Waals surface area contributed by atoms with Gasteiger partial charge in [0.1, 0.15) is 0 Å². The highest BCUT2D eigenvalue weighted by Gasteiger charge is 2.49. The molecule has 0 aliphatic carbocycles. The van der Waals surface area contributed by atoms with E-state index in [1.54, 1.807) is 6.07 Å². The SMILES string of the molecule is CCOC(=O)C(F)(F)C(=O)c1cccc([Si](C)(C)C)c1. The molecule has 0 heterocycles. The monoisotopic (exact) mass is 300 g/mol. The Balaban J connectivity index is 3.12. The second-order valence-electron chi connectivity index (χ2n) is 5.45. The van der Waals surface area contributed by atoms with Gasteiger partial charge < -0.3 is 4.74 Å². The van der Waals surface area contributed by atoms with E-state index in [0.717, 1.165) is 5.19 Å². The van der Waals surface area contributed by atoms with Crippen molar-refractivity contribution in [3.63, 3.8) is 0 Å². The standard InChI is InChI=1S/C14H18F2O3Si/c1-5-19-13(18)14(15,16)12(17)10-7-6-8-11(9-10)20(2,3)4/h6-9H,5H2,1-4H3. The molecule has 1 aromatic carbocycles. The summed E-state index contributed by atoms with van der Waals surface area (Å²) in [6.45, 7) is 7.33. The van der Waals surface area contributed by atoms with E-state index in [9.17, 15) is 18.4 Å². The average molecular weight is 300 g/mol. The number of alkyl halides is 2. The third-order valence-corrected chi connectivity index (χ3v) is 4.85. The second kappa shape index (κ2) is 5.83. The van der Waals surface area contributed by atoms with Crippen LogP contribution in [0.25, 0.3) is 0 Å². The molecule has 110 valence electrons. The number of ether oxygens (including phenoxy) is 1. The van der Waals surface area contributed by atoms with Gasteiger partial charge in [0.2, 0.25) is 5.78 Å². The fourth-order valence-corrected chi connectivity index (χ4v) is 2.81. The van der Waals surface area contributed by atoms with E-state index >= 15 is 0 Å². The number of hydrogen-bond acceptors (Lipinski definition) is 3. The van der Waals surface area contributed by atoms with Gasteiger partial charge in [-0.05, 0) is 6.92 Å². The van der Waals surface area contributed by atoms with Gasteiger partial charge in [-0.15, -0.1) is 0 Å². The molecule has 6 heteroatoms. The van der Waals surface area contributed by atoms with Crippen LogP contribution in [0.4, 0.5) is 8.78 Å². The Hall–Kier alpha value is -1.56. The van der Waals surface area contributed by atoms with Gasteiger partial charge >= 0.3 is 11.9 Å². The molecule has 0 unspecified atom stereocenters. The van der Waals surface area contributed by atoms with Crippen LogP contribution in [0.15, 0.2) is 24.3 Å². The molecule has 0 N–H and O–H groups in total. The number of carbonyl (C=O) groups excluding carboxylic acids is 2. The first-order valence-corrected chi connectivity index (χ1v) is 9.81. The van der Waals surface area contributed by atoms with Crippen LogP contribution in [0, 0.1) is 0 Å². The van der Waals surface area contributed by atoms with Crippen molar-refractivity contribution in [1.82, 2.24) is 0 Å². The van der Waals surface area contributed by atoms with E-state index in [4.69, 9.17) is 0 Å². The maximum absolute atomic E-state index is 13.7. The van der Waals surface area contributed by atoms with E-state index in [-0.39, 0.29) is 12.2 Å². The lowest BCUT2D eigenvalue weighted by Gasteiger charge is -2.18. The number of halogens is 2. The summed E-state index contributed by atoms with van der Waals surface area (Å²) in [7, 11) is -1.73. The van der Waals surface area contributed by atoms with Crippen molar-refractivity contribution in [2.45, 2.75) is 32.5 Å². The first-order chi connectivity index (χ1) is 9.10. The number of ketones is 1. The summed E-state index contributed by atoms with van der Waals surface area (Å²) in [6.07, 6.45) is 0.